The number of halogens is 3. The van der Waals surface area contributed by atoms with Crippen LogP contribution in [0.5, 0.6) is 0 Å². The number of carbonyl (C=O) groups is 1. The molecule has 0 spiro atoms. The second-order valence-electron chi connectivity index (χ2n) is 4.95. The van der Waals surface area contributed by atoms with Gasteiger partial charge in [0.2, 0.25) is 0 Å². The van der Waals surface area contributed by atoms with Gasteiger partial charge in [0.25, 0.3) is 5.91 Å². The van der Waals surface area contributed by atoms with Gasteiger partial charge in [-0.05, 0) is 38.8 Å². The van der Waals surface area contributed by atoms with Crippen LogP contribution in [0.25, 0.3) is 0 Å². The van der Waals surface area contributed by atoms with Crippen LogP contribution >= 0.6 is 34.8 Å². The molecule has 0 heterocycles. The molecule has 112 valence electrons. The van der Waals surface area contributed by atoms with E-state index in [-0.39, 0.29) is 28.0 Å². The first-order valence-electron chi connectivity index (χ1n) is 6.81. The van der Waals surface area contributed by atoms with Crippen LogP contribution in [0.3, 0.4) is 0 Å². The highest BCUT2D eigenvalue weighted by Crippen LogP contribution is 2.34. The predicted octanol–water partition coefficient (Wildman–Crippen LogP) is 5.69. The molecule has 1 rings (SSSR count). The van der Waals surface area contributed by atoms with E-state index in [9.17, 15) is 4.79 Å². The average molecular weight is 337 g/mol. The van der Waals surface area contributed by atoms with E-state index >= 15 is 0 Å². The van der Waals surface area contributed by atoms with Crippen molar-refractivity contribution in [2.24, 2.45) is 0 Å². The minimum Gasteiger partial charge on any atom is -0.333 e. The smallest absolute Gasteiger partial charge is 0.255 e. The van der Waals surface area contributed by atoms with Gasteiger partial charge in [-0.25, -0.2) is 0 Å². The molecule has 5 heteroatoms. The normalized spacial score (nSPS) is 13.9. The molecule has 0 aliphatic rings. The summed E-state index contributed by atoms with van der Waals surface area (Å²) in [6, 6.07) is 3.52. The lowest BCUT2D eigenvalue weighted by Crippen LogP contribution is -2.44. The highest BCUT2D eigenvalue weighted by atomic mass is 35.5. The first-order chi connectivity index (χ1) is 9.34. The maximum atomic E-state index is 12.8. The molecular formula is C15H20Cl3NO. The molecule has 0 N–H and O–H groups in total. The van der Waals surface area contributed by atoms with E-state index < -0.39 is 0 Å². The Hall–Kier alpha value is -0.440. The number of rotatable bonds is 5. The monoisotopic (exact) mass is 335 g/mol. The van der Waals surface area contributed by atoms with Crippen molar-refractivity contribution in [2.75, 3.05) is 0 Å². The quantitative estimate of drug-likeness (QED) is 0.633. The minimum atomic E-state index is -0.0998. The Morgan fingerprint density at radius 2 is 1.55 bits per heavy atom. The van der Waals surface area contributed by atoms with Crippen molar-refractivity contribution in [1.82, 2.24) is 4.90 Å². The lowest BCUT2D eigenvalue weighted by molar-refractivity contribution is 0.0598. The van der Waals surface area contributed by atoms with E-state index in [2.05, 4.69) is 13.8 Å². The van der Waals surface area contributed by atoms with Crippen LogP contribution in [0.2, 0.25) is 15.1 Å². The van der Waals surface area contributed by atoms with Crippen LogP contribution < -0.4 is 0 Å². The zero-order chi connectivity index (χ0) is 15.4. The standard InChI is InChI=1S/C15H20Cl3NO/c1-5-9(3)19(10(4)6-2)15(20)11-7-8-12(16)14(18)13(11)17/h7-10H,5-6H2,1-4H3. The summed E-state index contributed by atoms with van der Waals surface area (Å²) in [5.41, 5.74) is 0.404. The molecule has 0 aliphatic carbocycles. The van der Waals surface area contributed by atoms with Gasteiger partial charge in [-0.15, -0.1) is 0 Å². The van der Waals surface area contributed by atoms with Crippen LogP contribution in [0.1, 0.15) is 50.9 Å². The fourth-order valence-corrected chi connectivity index (χ4v) is 2.67. The Morgan fingerprint density at radius 3 is 2.00 bits per heavy atom. The molecule has 20 heavy (non-hydrogen) atoms. The second-order valence-corrected chi connectivity index (χ2v) is 6.11. The highest BCUT2D eigenvalue weighted by Gasteiger charge is 2.27. The van der Waals surface area contributed by atoms with E-state index in [1.807, 2.05) is 18.7 Å². The number of carbonyl (C=O) groups excluding carboxylic acids is 1. The largest absolute Gasteiger partial charge is 0.333 e. The molecule has 1 amide bonds. The van der Waals surface area contributed by atoms with Crippen molar-refractivity contribution in [2.45, 2.75) is 52.6 Å². The Kier molecular flexibility index (Phi) is 6.63. The molecule has 0 bridgehead atoms. The Balaban J connectivity index is 3.22. The van der Waals surface area contributed by atoms with E-state index in [1.165, 1.54) is 0 Å². The van der Waals surface area contributed by atoms with Gasteiger partial charge in [-0.2, -0.15) is 0 Å². The first-order valence-corrected chi connectivity index (χ1v) is 7.94. The first kappa shape index (κ1) is 17.6. The van der Waals surface area contributed by atoms with Crippen molar-refractivity contribution < 1.29 is 4.79 Å². The summed E-state index contributed by atoms with van der Waals surface area (Å²) in [4.78, 5) is 14.6. The summed E-state index contributed by atoms with van der Waals surface area (Å²) in [6.07, 6.45) is 1.77. The van der Waals surface area contributed by atoms with Gasteiger partial charge in [-0.1, -0.05) is 48.7 Å². The van der Waals surface area contributed by atoms with Crippen molar-refractivity contribution in [3.8, 4) is 0 Å². The Bertz CT molecular complexity index is 480. The number of hydrogen-bond donors (Lipinski definition) is 0. The summed E-state index contributed by atoms with van der Waals surface area (Å²) >= 11 is 18.1. The average Bonchev–Trinajstić information content (AvgIpc) is 2.44. The van der Waals surface area contributed by atoms with Crippen LogP contribution in [0.4, 0.5) is 0 Å². The Labute approximate surface area is 136 Å². The third-order valence-corrected chi connectivity index (χ3v) is 4.93. The summed E-state index contributed by atoms with van der Waals surface area (Å²) in [5, 5.41) is 0.806. The maximum Gasteiger partial charge on any atom is 0.255 e. The van der Waals surface area contributed by atoms with Crippen molar-refractivity contribution in [3.63, 3.8) is 0 Å². The molecule has 1 aromatic carbocycles. The fraction of sp³-hybridized carbons (Fsp3) is 0.533. The van der Waals surface area contributed by atoms with Gasteiger partial charge in [0.05, 0.1) is 20.6 Å². The summed E-state index contributed by atoms with van der Waals surface area (Å²) in [6.45, 7) is 8.19. The number of hydrogen-bond acceptors (Lipinski definition) is 1. The molecule has 0 aliphatic heterocycles. The SMILES string of the molecule is CCC(C)N(C(=O)c1ccc(Cl)c(Cl)c1Cl)C(C)CC. The zero-order valence-electron chi connectivity index (χ0n) is 12.2. The van der Waals surface area contributed by atoms with Crippen molar-refractivity contribution >= 4 is 40.7 Å². The molecule has 2 atom stereocenters. The molecule has 0 radical (unpaired) electrons. The molecule has 0 aromatic heterocycles. The van der Waals surface area contributed by atoms with E-state index in [0.29, 0.717) is 10.6 Å². The van der Waals surface area contributed by atoms with E-state index in [4.69, 9.17) is 34.8 Å². The summed E-state index contributed by atoms with van der Waals surface area (Å²) < 4.78 is 0. The van der Waals surface area contributed by atoms with Gasteiger partial charge in [0, 0.05) is 12.1 Å². The molecule has 0 fully saturated rings. The van der Waals surface area contributed by atoms with Crippen LogP contribution in [0.15, 0.2) is 12.1 Å². The second kappa shape index (κ2) is 7.53. The van der Waals surface area contributed by atoms with Crippen LogP contribution in [-0.4, -0.2) is 22.9 Å². The van der Waals surface area contributed by atoms with Gasteiger partial charge in [0.15, 0.2) is 0 Å². The minimum absolute atomic E-state index is 0.0998. The summed E-state index contributed by atoms with van der Waals surface area (Å²) in [5.74, 6) is -0.0998. The van der Waals surface area contributed by atoms with Crippen molar-refractivity contribution in [1.29, 1.82) is 0 Å². The molecular weight excluding hydrogens is 317 g/mol. The van der Waals surface area contributed by atoms with Gasteiger partial charge in [0.1, 0.15) is 0 Å². The number of amides is 1. The van der Waals surface area contributed by atoms with E-state index in [0.717, 1.165) is 12.8 Å². The van der Waals surface area contributed by atoms with Gasteiger partial charge >= 0.3 is 0 Å². The lowest BCUT2D eigenvalue weighted by atomic mass is 10.1. The van der Waals surface area contributed by atoms with E-state index in [1.54, 1.807) is 12.1 Å². The molecule has 0 saturated carbocycles. The number of nitrogens with zero attached hydrogens (tertiary/aromatic N) is 1. The van der Waals surface area contributed by atoms with Crippen LogP contribution in [0, 0.1) is 0 Å². The third kappa shape index (κ3) is 3.60. The predicted molar refractivity (Wildman–Crippen MR) is 87.1 cm³/mol. The lowest BCUT2D eigenvalue weighted by Gasteiger charge is -2.34. The van der Waals surface area contributed by atoms with Crippen molar-refractivity contribution in [3.05, 3.63) is 32.8 Å². The zero-order valence-corrected chi connectivity index (χ0v) is 14.5. The summed E-state index contributed by atoms with van der Waals surface area (Å²) in [7, 11) is 0. The maximum absolute atomic E-state index is 12.8. The number of benzene rings is 1. The molecule has 1 aromatic rings. The Morgan fingerprint density at radius 1 is 1.05 bits per heavy atom. The fourth-order valence-electron chi connectivity index (χ4n) is 2.06. The third-order valence-electron chi connectivity index (χ3n) is 3.63. The highest BCUT2D eigenvalue weighted by molar-refractivity contribution is 6.49. The van der Waals surface area contributed by atoms with Crippen LogP contribution in [-0.2, 0) is 0 Å². The molecule has 2 unspecified atom stereocenters. The van der Waals surface area contributed by atoms with Gasteiger partial charge < -0.3 is 4.90 Å². The molecule has 2 nitrogen and oxygen atoms in total. The van der Waals surface area contributed by atoms with Gasteiger partial charge in [-0.3, -0.25) is 4.79 Å². The molecule has 0 saturated heterocycles. The topological polar surface area (TPSA) is 20.3 Å².